The molecule has 0 bridgehead atoms. The van der Waals surface area contributed by atoms with Crippen LogP contribution < -0.4 is 10.5 Å². The molecule has 0 spiro atoms. The van der Waals surface area contributed by atoms with Crippen LogP contribution in [0.1, 0.15) is 12.8 Å². The normalized spacial score (nSPS) is 15.8. The van der Waals surface area contributed by atoms with Gasteiger partial charge in [-0.2, -0.15) is 4.31 Å². The largest absolute Gasteiger partial charge is 0.419 e. The lowest BCUT2D eigenvalue weighted by Crippen LogP contribution is -2.27. The second-order valence-electron chi connectivity index (χ2n) is 6.80. The van der Waals surface area contributed by atoms with Crippen molar-refractivity contribution in [1.29, 1.82) is 0 Å². The van der Waals surface area contributed by atoms with Crippen LogP contribution in [0.2, 0.25) is 0 Å². The summed E-state index contributed by atoms with van der Waals surface area (Å²) in [5.74, 6) is -0.595. The molecule has 0 atom stereocenters. The van der Waals surface area contributed by atoms with Crippen molar-refractivity contribution in [3.63, 3.8) is 0 Å². The molecular weight excluding hydrogens is 418 g/mol. The van der Waals surface area contributed by atoms with Crippen molar-refractivity contribution < 1.29 is 21.3 Å². The van der Waals surface area contributed by atoms with E-state index in [0.29, 0.717) is 18.6 Å². The van der Waals surface area contributed by atoms with E-state index < -0.39 is 25.8 Å². The van der Waals surface area contributed by atoms with Crippen LogP contribution in [0.25, 0.3) is 11.1 Å². The molecule has 154 valence electrons. The first-order valence-corrected chi connectivity index (χ1v) is 11.8. The maximum Gasteiger partial charge on any atom is 0.419 e. The van der Waals surface area contributed by atoms with Gasteiger partial charge in [0, 0.05) is 20.1 Å². The highest BCUT2D eigenvalue weighted by Crippen LogP contribution is 2.25. The minimum Gasteiger partial charge on any atom is -0.408 e. The average Bonchev–Trinajstić information content (AvgIpc) is 3.31. The number of fused-ring (bicyclic) bond motifs is 1. The first-order valence-electron chi connectivity index (χ1n) is 8.91. The number of rotatable bonds is 5. The van der Waals surface area contributed by atoms with Crippen molar-refractivity contribution in [2.75, 3.05) is 17.8 Å². The van der Waals surface area contributed by atoms with Crippen LogP contribution in [-0.2, 0) is 27.1 Å². The lowest BCUT2D eigenvalue weighted by molar-refractivity contribution is 0.477. The number of sulfonamides is 2. The van der Waals surface area contributed by atoms with Gasteiger partial charge in [0.1, 0.15) is 0 Å². The van der Waals surface area contributed by atoms with E-state index in [-0.39, 0.29) is 21.1 Å². The summed E-state index contributed by atoms with van der Waals surface area (Å²) in [4.78, 5) is 11.6. The van der Waals surface area contributed by atoms with Crippen molar-refractivity contribution in [2.45, 2.75) is 22.6 Å². The van der Waals surface area contributed by atoms with E-state index in [1.54, 1.807) is 0 Å². The Morgan fingerprint density at radius 1 is 0.966 bits per heavy atom. The second kappa shape index (κ2) is 7.01. The Balaban J connectivity index is 1.67. The molecule has 29 heavy (non-hydrogen) atoms. The van der Waals surface area contributed by atoms with Crippen molar-refractivity contribution in [1.82, 2.24) is 8.87 Å². The molecular formula is C18H19N3O6S2. The summed E-state index contributed by atoms with van der Waals surface area (Å²) < 4.78 is 61.0. The first kappa shape index (κ1) is 19.7. The SMILES string of the molecule is Cn1c(=O)oc2ccc(S(=O)(=O)Nc3cccc(S(=O)(=O)N4CCCC4)c3)cc21. The highest BCUT2D eigenvalue weighted by molar-refractivity contribution is 7.92. The number of hydrogen-bond acceptors (Lipinski definition) is 6. The van der Waals surface area contributed by atoms with E-state index in [4.69, 9.17) is 4.42 Å². The third-order valence-corrected chi connectivity index (χ3v) is 8.14. The lowest BCUT2D eigenvalue weighted by Gasteiger charge is -2.16. The quantitative estimate of drug-likeness (QED) is 0.649. The minimum atomic E-state index is -4.01. The van der Waals surface area contributed by atoms with Crippen LogP contribution in [0.15, 0.2) is 61.5 Å². The van der Waals surface area contributed by atoms with Crippen LogP contribution in [0, 0.1) is 0 Å². The Bertz CT molecular complexity index is 1350. The van der Waals surface area contributed by atoms with E-state index in [1.165, 1.54) is 58.4 Å². The molecule has 3 aromatic rings. The topological polar surface area (TPSA) is 119 Å². The van der Waals surface area contributed by atoms with Crippen LogP contribution in [0.3, 0.4) is 0 Å². The average molecular weight is 437 g/mol. The predicted octanol–water partition coefficient (Wildman–Crippen LogP) is 1.72. The van der Waals surface area contributed by atoms with Crippen molar-refractivity contribution in [3.05, 3.63) is 53.0 Å². The molecule has 11 heteroatoms. The number of nitrogens with zero attached hydrogens (tertiary/aromatic N) is 2. The number of hydrogen-bond donors (Lipinski definition) is 1. The summed E-state index contributed by atoms with van der Waals surface area (Å²) in [6, 6.07) is 9.76. The van der Waals surface area contributed by atoms with E-state index in [0.717, 1.165) is 12.8 Å². The number of aryl methyl sites for hydroxylation is 1. The molecule has 1 fully saturated rings. The Hall–Kier alpha value is -2.63. The van der Waals surface area contributed by atoms with Crippen LogP contribution in [-0.4, -0.2) is 38.8 Å². The van der Waals surface area contributed by atoms with Crippen molar-refractivity contribution in [3.8, 4) is 0 Å². The third kappa shape index (κ3) is 3.56. The van der Waals surface area contributed by atoms with Crippen LogP contribution in [0.5, 0.6) is 0 Å². The minimum absolute atomic E-state index is 0.0345. The van der Waals surface area contributed by atoms with E-state index in [2.05, 4.69) is 4.72 Å². The molecule has 1 N–H and O–H groups in total. The Morgan fingerprint density at radius 3 is 2.41 bits per heavy atom. The molecule has 1 aliphatic rings. The molecule has 0 aliphatic carbocycles. The fraction of sp³-hybridized carbons (Fsp3) is 0.278. The standard InChI is InChI=1S/C18H19N3O6S2/c1-20-16-12-14(7-8-17(16)27-18(20)22)28(23,24)19-13-5-4-6-15(11-13)29(25,26)21-9-2-3-10-21/h4-8,11-12,19H,2-3,9-10H2,1H3. The maximum absolute atomic E-state index is 12.8. The van der Waals surface area contributed by atoms with Crippen molar-refractivity contribution in [2.24, 2.45) is 7.05 Å². The van der Waals surface area contributed by atoms with Crippen LogP contribution in [0.4, 0.5) is 5.69 Å². The summed E-state index contributed by atoms with van der Waals surface area (Å²) in [7, 11) is -6.20. The number of aromatic nitrogens is 1. The summed E-state index contributed by atoms with van der Waals surface area (Å²) in [5.41, 5.74) is 0.741. The molecule has 4 rings (SSSR count). The van der Waals surface area contributed by atoms with Gasteiger partial charge in [-0.15, -0.1) is 0 Å². The Labute approximate surface area is 167 Å². The summed E-state index contributed by atoms with van der Waals surface area (Å²) in [6.07, 6.45) is 1.62. The highest BCUT2D eigenvalue weighted by atomic mass is 32.2. The van der Waals surface area contributed by atoms with Gasteiger partial charge >= 0.3 is 5.76 Å². The monoisotopic (exact) mass is 437 g/mol. The molecule has 9 nitrogen and oxygen atoms in total. The number of nitrogens with one attached hydrogen (secondary N) is 1. The van der Waals surface area contributed by atoms with E-state index in [1.807, 2.05) is 0 Å². The van der Waals surface area contributed by atoms with Crippen molar-refractivity contribution >= 4 is 36.8 Å². The zero-order valence-corrected chi connectivity index (χ0v) is 17.2. The Kier molecular flexibility index (Phi) is 4.75. The Morgan fingerprint density at radius 2 is 1.69 bits per heavy atom. The van der Waals surface area contributed by atoms with Crippen LogP contribution >= 0.6 is 0 Å². The molecule has 1 aliphatic heterocycles. The zero-order chi connectivity index (χ0) is 20.8. The molecule has 1 saturated heterocycles. The zero-order valence-electron chi connectivity index (χ0n) is 15.5. The van der Waals surface area contributed by atoms with Gasteiger partial charge in [-0.25, -0.2) is 21.6 Å². The summed E-state index contributed by atoms with van der Waals surface area (Å²) in [6.45, 7) is 0.920. The van der Waals surface area contributed by atoms with Gasteiger partial charge in [0.05, 0.1) is 21.0 Å². The fourth-order valence-electron chi connectivity index (χ4n) is 3.29. The molecule has 0 saturated carbocycles. The van der Waals surface area contributed by atoms with Gasteiger partial charge in [0.15, 0.2) is 5.58 Å². The third-order valence-electron chi connectivity index (χ3n) is 4.86. The number of benzene rings is 2. The molecule has 0 amide bonds. The van der Waals surface area contributed by atoms with Gasteiger partial charge < -0.3 is 4.42 Å². The number of anilines is 1. The van der Waals surface area contributed by atoms with Gasteiger partial charge in [-0.3, -0.25) is 9.29 Å². The van der Waals surface area contributed by atoms with Gasteiger partial charge in [0.25, 0.3) is 10.0 Å². The van der Waals surface area contributed by atoms with Gasteiger partial charge in [-0.05, 0) is 49.2 Å². The maximum atomic E-state index is 12.8. The molecule has 2 heterocycles. The molecule has 2 aromatic carbocycles. The number of oxazole rings is 1. The fourth-order valence-corrected chi connectivity index (χ4v) is 5.92. The second-order valence-corrected chi connectivity index (χ2v) is 10.4. The smallest absolute Gasteiger partial charge is 0.408 e. The van der Waals surface area contributed by atoms with Gasteiger partial charge in [0.2, 0.25) is 10.0 Å². The van der Waals surface area contributed by atoms with Gasteiger partial charge in [-0.1, -0.05) is 6.07 Å². The first-order chi connectivity index (χ1) is 13.7. The summed E-state index contributed by atoms with van der Waals surface area (Å²) >= 11 is 0. The predicted molar refractivity (Wildman–Crippen MR) is 107 cm³/mol. The molecule has 0 unspecified atom stereocenters. The van der Waals surface area contributed by atoms with E-state index >= 15 is 0 Å². The lowest BCUT2D eigenvalue weighted by atomic mass is 10.3. The highest BCUT2D eigenvalue weighted by Gasteiger charge is 2.27. The molecule has 0 radical (unpaired) electrons. The molecule has 1 aromatic heterocycles. The summed E-state index contributed by atoms with van der Waals surface area (Å²) in [5, 5.41) is 0. The van der Waals surface area contributed by atoms with E-state index in [9.17, 15) is 21.6 Å².